The number of H-pyrrole nitrogens is 1. The van der Waals surface area contributed by atoms with Crippen LogP contribution in [0, 0.1) is 0 Å². The van der Waals surface area contributed by atoms with Crippen molar-refractivity contribution in [2.45, 2.75) is 19.6 Å². The van der Waals surface area contributed by atoms with E-state index in [1.54, 1.807) is 43.8 Å². The van der Waals surface area contributed by atoms with Crippen molar-refractivity contribution >= 4 is 11.2 Å². The van der Waals surface area contributed by atoms with E-state index in [4.69, 9.17) is 9.47 Å². The molecule has 1 atom stereocenters. The highest BCUT2D eigenvalue weighted by Crippen LogP contribution is 2.28. The van der Waals surface area contributed by atoms with Crippen LogP contribution in [0.2, 0.25) is 0 Å². The van der Waals surface area contributed by atoms with E-state index in [1.165, 1.54) is 4.57 Å². The third kappa shape index (κ3) is 3.95. The number of hydrogen-bond donors (Lipinski definition) is 2. The second kappa shape index (κ2) is 8.11. The summed E-state index contributed by atoms with van der Waals surface area (Å²) in [6.07, 6.45) is -0.773. The number of aryl methyl sites for hydroxylation is 1. The van der Waals surface area contributed by atoms with Gasteiger partial charge in [0.2, 0.25) is 0 Å². The maximum absolute atomic E-state index is 12.4. The molecule has 2 aromatic carbocycles. The number of benzene rings is 2. The van der Waals surface area contributed by atoms with Gasteiger partial charge in [0.1, 0.15) is 23.1 Å². The van der Waals surface area contributed by atoms with E-state index < -0.39 is 17.4 Å². The van der Waals surface area contributed by atoms with Gasteiger partial charge in [-0.25, -0.2) is 9.78 Å². The monoisotopic (exact) mass is 422 g/mol. The van der Waals surface area contributed by atoms with Gasteiger partial charge in [0.25, 0.3) is 5.56 Å². The lowest BCUT2D eigenvalue weighted by atomic mass is 10.2. The van der Waals surface area contributed by atoms with Crippen LogP contribution in [-0.2, 0) is 13.6 Å². The molecule has 0 spiro atoms. The van der Waals surface area contributed by atoms with Crippen molar-refractivity contribution < 1.29 is 14.6 Å². The molecule has 9 heteroatoms. The second-order valence-electron chi connectivity index (χ2n) is 7.19. The summed E-state index contributed by atoms with van der Waals surface area (Å²) in [6, 6.07) is 14.5. The highest BCUT2D eigenvalue weighted by atomic mass is 16.5. The Hall–Kier alpha value is -3.85. The Balaban J connectivity index is 1.72. The molecule has 2 aromatic heterocycles. The Morgan fingerprint density at radius 2 is 1.81 bits per heavy atom. The number of methoxy groups -OCH3 is 1. The van der Waals surface area contributed by atoms with E-state index in [1.807, 2.05) is 30.3 Å². The van der Waals surface area contributed by atoms with Gasteiger partial charge in [0.05, 0.1) is 19.8 Å². The molecular weight excluding hydrogens is 400 g/mol. The highest BCUT2D eigenvalue weighted by Gasteiger charge is 2.18. The predicted molar refractivity (Wildman–Crippen MR) is 116 cm³/mol. The lowest BCUT2D eigenvalue weighted by molar-refractivity contribution is 0.173. The molecule has 2 heterocycles. The number of fused-ring (bicyclic) bond motifs is 1. The molecule has 0 aliphatic rings. The molecule has 0 radical (unpaired) electrons. The first kappa shape index (κ1) is 20.4. The Bertz CT molecular complexity index is 1350. The van der Waals surface area contributed by atoms with Gasteiger partial charge in [0, 0.05) is 18.7 Å². The predicted octanol–water partition coefficient (Wildman–Crippen LogP) is 2.27. The van der Waals surface area contributed by atoms with E-state index in [0.29, 0.717) is 23.1 Å². The van der Waals surface area contributed by atoms with Crippen LogP contribution < -0.4 is 20.7 Å². The molecule has 0 bridgehead atoms. The fraction of sp³-hybridized carbons (Fsp3) is 0.227. The van der Waals surface area contributed by atoms with E-state index in [2.05, 4.69) is 9.97 Å². The Kier molecular flexibility index (Phi) is 5.35. The largest absolute Gasteiger partial charge is 0.497 e. The Labute approximate surface area is 177 Å². The molecule has 1 unspecified atom stereocenters. The zero-order valence-corrected chi connectivity index (χ0v) is 17.3. The van der Waals surface area contributed by atoms with Crippen molar-refractivity contribution in [3.63, 3.8) is 0 Å². The Morgan fingerprint density at radius 1 is 1.10 bits per heavy atom. The first-order valence-electron chi connectivity index (χ1n) is 9.67. The van der Waals surface area contributed by atoms with Gasteiger partial charge in [-0.3, -0.25) is 14.3 Å². The van der Waals surface area contributed by atoms with E-state index >= 15 is 0 Å². The lowest BCUT2D eigenvalue weighted by Crippen LogP contribution is -2.33. The maximum Gasteiger partial charge on any atom is 0.330 e. The van der Waals surface area contributed by atoms with E-state index in [9.17, 15) is 14.7 Å². The van der Waals surface area contributed by atoms with Crippen molar-refractivity contribution in [1.29, 1.82) is 0 Å². The fourth-order valence-corrected chi connectivity index (χ4v) is 3.41. The minimum absolute atomic E-state index is 0.0237. The highest BCUT2D eigenvalue weighted by molar-refractivity contribution is 5.76. The van der Waals surface area contributed by atoms with Gasteiger partial charge in [0.15, 0.2) is 11.2 Å². The SMILES string of the molecule is COc1cccc(Oc2ccc(-c3nc4c(c(=O)[nH]c(=O)n4CC(C)O)n3C)cc2)c1. The van der Waals surface area contributed by atoms with Crippen molar-refractivity contribution in [2.75, 3.05) is 7.11 Å². The topological polar surface area (TPSA) is 111 Å². The number of aliphatic hydroxyl groups is 1. The second-order valence-corrected chi connectivity index (χ2v) is 7.19. The number of ether oxygens (including phenoxy) is 2. The maximum atomic E-state index is 12.4. The number of nitrogens with one attached hydrogen (secondary N) is 1. The third-order valence-electron chi connectivity index (χ3n) is 4.85. The third-order valence-corrected chi connectivity index (χ3v) is 4.85. The summed E-state index contributed by atoms with van der Waals surface area (Å²) < 4.78 is 14.0. The van der Waals surface area contributed by atoms with Crippen LogP contribution in [0.3, 0.4) is 0 Å². The number of rotatable bonds is 6. The van der Waals surface area contributed by atoms with Crippen molar-refractivity contribution in [1.82, 2.24) is 19.1 Å². The zero-order valence-electron chi connectivity index (χ0n) is 17.3. The normalized spacial score (nSPS) is 12.1. The van der Waals surface area contributed by atoms with Crippen LogP contribution in [0.1, 0.15) is 6.92 Å². The molecule has 0 aliphatic carbocycles. The molecule has 0 saturated carbocycles. The molecule has 160 valence electrons. The molecule has 0 saturated heterocycles. The van der Waals surface area contributed by atoms with Gasteiger partial charge >= 0.3 is 5.69 Å². The summed E-state index contributed by atoms with van der Waals surface area (Å²) in [5.41, 5.74) is 0.0918. The quantitative estimate of drug-likeness (QED) is 0.493. The van der Waals surface area contributed by atoms with Crippen LogP contribution in [0.4, 0.5) is 0 Å². The summed E-state index contributed by atoms with van der Waals surface area (Å²) in [5, 5.41) is 9.73. The average Bonchev–Trinajstić information content (AvgIpc) is 3.09. The first-order chi connectivity index (χ1) is 14.9. The minimum atomic E-state index is -0.773. The molecular formula is C22H22N4O5. The van der Waals surface area contributed by atoms with Gasteiger partial charge in [-0.15, -0.1) is 0 Å². The number of aromatic nitrogens is 4. The van der Waals surface area contributed by atoms with Crippen molar-refractivity contribution in [2.24, 2.45) is 7.05 Å². The molecule has 0 fully saturated rings. The van der Waals surface area contributed by atoms with Gasteiger partial charge in [-0.05, 0) is 43.3 Å². The Morgan fingerprint density at radius 3 is 2.48 bits per heavy atom. The van der Waals surface area contributed by atoms with E-state index in [-0.39, 0.29) is 17.7 Å². The lowest BCUT2D eigenvalue weighted by Gasteiger charge is -2.08. The number of hydrogen-bond acceptors (Lipinski definition) is 6. The summed E-state index contributed by atoms with van der Waals surface area (Å²) in [5.74, 6) is 2.48. The van der Waals surface area contributed by atoms with E-state index in [0.717, 1.165) is 5.56 Å². The van der Waals surface area contributed by atoms with Crippen molar-refractivity contribution in [3.8, 4) is 28.6 Å². The molecule has 9 nitrogen and oxygen atoms in total. The van der Waals surface area contributed by atoms with Gasteiger partial charge < -0.3 is 19.1 Å². The summed E-state index contributed by atoms with van der Waals surface area (Å²) in [7, 11) is 3.30. The van der Waals surface area contributed by atoms with Crippen LogP contribution in [0.15, 0.2) is 58.1 Å². The average molecular weight is 422 g/mol. The number of imidazole rings is 1. The van der Waals surface area contributed by atoms with Gasteiger partial charge in [-0.2, -0.15) is 0 Å². The summed E-state index contributed by atoms with van der Waals surface area (Å²) >= 11 is 0. The molecule has 0 aliphatic heterocycles. The summed E-state index contributed by atoms with van der Waals surface area (Å²) in [4.78, 5) is 31.4. The minimum Gasteiger partial charge on any atom is -0.497 e. The zero-order chi connectivity index (χ0) is 22.1. The molecule has 0 amide bonds. The van der Waals surface area contributed by atoms with Crippen LogP contribution in [0.5, 0.6) is 17.2 Å². The molecule has 2 N–H and O–H groups in total. The van der Waals surface area contributed by atoms with Crippen LogP contribution in [0.25, 0.3) is 22.6 Å². The number of aromatic amines is 1. The standard InChI is InChI=1S/C22H22N4O5/c1-13(27)12-26-20-18(21(28)24-22(26)29)25(2)19(23-20)14-7-9-15(10-8-14)31-17-6-4-5-16(11-17)30-3/h4-11,13,27H,12H2,1-3H3,(H,24,28,29). The number of nitrogens with zero attached hydrogens (tertiary/aromatic N) is 3. The molecule has 4 aromatic rings. The van der Waals surface area contributed by atoms with Crippen LogP contribution in [-0.4, -0.2) is 37.4 Å². The molecule has 4 rings (SSSR count). The molecule has 31 heavy (non-hydrogen) atoms. The van der Waals surface area contributed by atoms with Gasteiger partial charge in [-0.1, -0.05) is 6.07 Å². The first-order valence-corrected chi connectivity index (χ1v) is 9.67. The van der Waals surface area contributed by atoms with Crippen LogP contribution >= 0.6 is 0 Å². The fourth-order valence-electron chi connectivity index (χ4n) is 3.41. The smallest absolute Gasteiger partial charge is 0.330 e. The van der Waals surface area contributed by atoms with Crippen molar-refractivity contribution in [3.05, 3.63) is 69.4 Å². The summed E-state index contributed by atoms with van der Waals surface area (Å²) in [6.45, 7) is 1.59. The number of aliphatic hydroxyl groups excluding tert-OH is 1.